The third kappa shape index (κ3) is 1.73. The lowest BCUT2D eigenvalue weighted by Crippen LogP contribution is -2.09. The predicted octanol–water partition coefficient (Wildman–Crippen LogP) is 3.00. The molecule has 0 aromatic heterocycles. The molecule has 1 aromatic rings. The number of fused-ring (bicyclic) bond motifs is 1. The summed E-state index contributed by atoms with van der Waals surface area (Å²) in [4.78, 5) is 0. The molecule has 0 saturated carbocycles. The highest BCUT2D eigenvalue weighted by molar-refractivity contribution is 9.10. The molecule has 2 N–H and O–H groups in total. The minimum Gasteiger partial charge on any atom is -0.330 e. The summed E-state index contributed by atoms with van der Waals surface area (Å²) in [6.07, 6.45) is 3.76. The molecule has 1 aromatic carbocycles. The Labute approximate surface area is 93.8 Å². The van der Waals surface area contributed by atoms with Crippen LogP contribution >= 0.6 is 15.9 Å². The molecule has 0 amide bonds. The maximum atomic E-state index is 5.68. The van der Waals surface area contributed by atoms with Crippen LogP contribution in [0.4, 0.5) is 0 Å². The van der Waals surface area contributed by atoms with E-state index < -0.39 is 0 Å². The number of nitrogens with two attached hydrogens (primary N) is 1. The molecule has 1 aliphatic carbocycles. The van der Waals surface area contributed by atoms with E-state index in [-0.39, 0.29) is 0 Å². The van der Waals surface area contributed by atoms with E-state index in [0.29, 0.717) is 5.92 Å². The molecule has 0 fully saturated rings. The highest BCUT2D eigenvalue weighted by Crippen LogP contribution is 2.32. The van der Waals surface area contributed by atoms with Gasteiger partial charge in [-0.15, -0.1) is 0 Å². The van der Waals surface area contributed by atoms with Crippen LogP contribution in [0.15, 0.2) is 16.6 Å². The Kier molecular flexibility index (Phi) is 2.93. The quantitative estimate of drug-likeness (QED) is 0.862. The lowest BCUT2D eigenvalue weighted by Gasteiger charge is -2.12. The summed E-state index contributed by atoms with van der Waals surface area (Å²) in [5.41, 5.74) is 10.1. The fraction of sp³-hybridized carbons (Fsp3) is 0.500. The van der Waals surface area contributed by atoms with Crippen LogP contribution in [0.25, 0.3) is 0 Å². The number of benzene rings is 1. The molecule has 1 unspecified atom stereocenters. The van der Waals surface area contributed by atoms with E-state index in [1.807, 2.05) is 0 Å². The number of aryl methyl sites for hydroxylation is 1. The van der Waals surface area contributed by atoms with E-state index in [0.717, 1.165) is 6.54 Å². The van der Waals surface area contributed by atoms with Gasteiger partial charge in [0, 0.05) is 4.47 Å². The van der Waals surface area contributed by atoms with Crippen LogP contribution < -0.4 is 5.73 Å². The molecule has 1 atom stereocenters. The first kappa shape index (κ1) is 10.2. The van der Waals surface area contributed by atoms with Crippen molar-refractivity contribution in [3.05, 3.63) is 33.3 Å². The van der Waals surface area contributed by atoms with Crippen molar-refractivity contribution in [3.8, 4) is 0 Å². The van der Waals surface area contributed by atoms with E-state index in [1.165, 1.54) is 40.4 Å². The summed E-state index contributed by atoms with van der Waals surface area (Å²) in [7, 11) is 0. The highest BCUT2D eigenvalue weighted by Gasteiger charge is 2.16. The zero-order valence-corrected chi connectivity index (χ0v) is 10.1. The number of hydrogen-bond donors (Lipinski definition) is 1. The average molecular weight is 254 g/mol. The third-order valence-electron chi connectivity index (χ3n) is 3.11. The molecule has 1 nitrogen and oxygen atoms in total. The van der Waals surface area contributed by atoms with E-state index in [2.05, 4.69) is 35.0 Å². The summed E-state index contributed by atoms with van der Waals surface area (Å²) in [6.45, 7) is 2.91. The van der Waals surface area contributed by atoms with Crippen LogP contribution in [-0.2, 0) is 12.8 Å². The standard InChI is InChI=1S/C12H16BrN/c1-8(7-14)10-5-9-3-2-4-11(9)12(13)6-10/h5-6,8H,2-4,7,14H2,1H3. The van der Waals surface area contributed by atoms with Gasteiger partial charge >= 0.3 is 0 Å². The molecule has 2 heteroatoms. The Morgan fingerprint density at radius 2 is 2.21 bits per heavy atom. The largest absolute Gasteiger partial charge is 0.330 e. The van der Waals surface area contributed by atoms with E-state index in [4.69, 9.17) is 5.73 Å². The molecular weight excluding hydrogens is 238 g/mol. The van der Waals surface area contributed by atoms with Gasteiger partial charge in [-0.25, -0.2) is 0 Å². The Hall–Kier alpha value is -0.340. The molecule has 76 valence electrons. The summed E-state index contributed by atoms with van der Waals surface area (Å²) in [5.74, 6) is 0.470. The van der Waals surface area contributed by atoms with Gasteiger partial charge in [0.05, 0.1) is 0 Å². The second kappa shape index (κ2) is 4.03. The fourth-order valence-corrected chi connectivity index (χ4v) is 2.81. The lowest BCUT2D eigenvalue weighted by atomic mass is 9.97. The molecule has 0 saturated heterocycles. The van der Waals surface area contributed by atoms with Crippen molar-refractivity contribution in [3.63, 3.8) is 0 Å². The molecule has 0 radical (unpaired) electrons. The van der Waals surface area contributed by atoms with Crippen LogP contribution in [0.2, 0.25) is 0 Å². The van der Waals surface area contributed by atoms with Crippen LogP contribution in [0, 0.1) is 0 Å². The first-order chi connectivity index (χ1) is 6.72. The van der Waals surface area contributed by atoms with Crippen LogP contribution in [0.5, 0.6) is 0 Å². The molecule has 1 aliphatic rings. The van der Waals surface area contributed by atoms with Crippen molar-refractivity contribution in [2.75, 3.05) is 6.54 Å². The van der Waals surface area contributed by atoms with Crippen LogP contribution in [0.1, 0.15) is 36.0 Å². The van der Waals surface area contributed by atoms with Gasteiger partial charge in [0.15, 0.2) is 0 Å². The normalized spacial score (nSPS) is 16.8. The number of rotatable bonds is 2. The minimum absolute atomic E-state index is 0.470. The number of hydrogen-bond acceptors (Lipinski definition) is 1. The minimum atomic E-state index is 0.470. The molecule has 14 heavy (non-hydrogen) atoms. The Bertz CT molecular complexity index is 346. The summed E-state index contributed by atoms with van der Waals surface area (Å²) < 4.78 is 1.28. The zero-order chi connectivity index (χ0) is 10.1. The van der Waals surface area contributed by atoms with Crippen LogP contribution in [0.3, 0.4) is 0 Å². The second-order valence-corrected chi connectivity index (χ2v) is 4.99. The topological polar surface area (TPSA) is 26.0 Å². The van der Waals surface area contributed by atoms with Crippen molar-refractivity contribution in [2.45, 2.75) is 32.1 Å². The maximum absolute atomic E-state index is 5.68. The molecule has 0 bridgehead atoms. The van der Waals surface area contributed by atoms with Crippen LogP contribution in [-0.4, -0.2) is 6.54 Å². The van der Waals surface area contributed by atoms with Crippen molar-refractivity contribution in [1.29, 1.82) is 0 Å². The fourth-order valence-electron chi connectivity index (χ4n) is 2.10. The monoisotopic (exact) mass is 253 g/mol. The van der Waals surface area contributed by atoms with E-state index >= 15 is 0 Å². The van der Waals surface area contributed by atoms with Gasteiger partial charge in [-0.3, -0.25) is 0 Å². The maximum Gasteiger partial charge on any atom is 0.0212 e. The highest BCUT2D eigenvalue weighted by atomic mass is 79.9. The SMILES string of the molecule is CC(CN)c1cc(Br)c2c(c1)CCC2. The van der Waals surface area contributed by atoms with Gasteiger partial charge in [-0.1, -0.05) is 28.9 Å². The van der Waals surface area contributed by atoms with Crippen molar-refractivity contribution in [2.24, 2.45) is 5.73 Å². The molecular formula is C12H16BrN. The Morgan fingerprint density at radius 3 is 2.93 bits per heavy atom. The van der Waals surface area contributed by atoms with E-state index in [9.17, 15) is 0 Å². The first-order valence-corrected chi connectivity index (χ1v) is 6.03. The molecule has 0 aliphatic heterocycles. The molecule has 2 rings (SSSR count). The van der Waals surface area contributed by atoms with E-state index in [1.54, 1.807) is 0 Å². The van der Waals surface area contributed by atoms with Gasteiger partial charge in [-0.2, -0.15) is 0 Å². The smallest absolute Gasteiger partial charge is 0.0212 e. The van der Waals surface area contributed by atoms with Gasteiger partial charge in [0.2, 0.25) is 0 Å². The molecule has 0 heterocycles. The van der Waals surface area contributed by atoms with Crippen molar-refractivity contribution >= 4 is 15.9 Å². The molecule has 0 spiro atoms. The van der Waals surface area contributed by atoms with Gasteiger partial charge < -0.3 is 5.73 Å². The van der Waals surface area contributed by atoms with Crippen molar-refractivity contribution < 1.29 is 0 Å². The average Bonchev–Trinajstić information content (AvgIpc) is 2.64. The summed E-state index contributed by atoms with van der Waals surface area (Å²) in [5, 5.41) is 0. The first-order valence-electron chi connectivity index (χ1n) is 5.23. The summed E-state index contributed by atoms with van der Waals surface area (Å²) >= 11 is 3.65. The van der Waals surface area contributed by atoms with Gasteiger partial charge in [0.25, 0.3) is 0 Å². The Morgan fingerprint density at radius 1 is 1.43 bits per heavy atom. The second-order valence-electron chi connectivity index (χ2n) is 4.13. The summed E-state index contributed by atoms with van der Waals surface area (Å²) in [6, 6.07) is 4.58. The lowest BCUT2D eigenvalue weighted by molar-refractivity contribution is 0.772. The Balaban J connectivity index is 2.41. The van der Waals surface area contributed by atoms with Gasteiger partial charge in [-0.05, 0) is 54.5 Å². The van der Waals surface area contributed by atoms with Gasteiger partial charge in [0.1, 0.15) is 0 Å². The predicted molar refractivity (Wildman–Crippen MR) is 63.6 cm³/mol. The van der Waals surface area contributed by atoms with Crippen molar-refractivity contribution in [1.82, 2.24) is 0 Å². The third-order valence-corrected chi connectivity index (χ3v) is 3.81. The number of halogens is 1. The zero-order valence-electron chi connectivity index (χ0n) is 8.52.